The summed E-state index contributed by atoms with van der Waals surface area (Å²) in [4.78, 5) is 0. The Labute approximate surface area is 130 Å². The van der Waals surface area contributed by atoms with Crippen molar-refractivity contribution in [2.45, 2.75) is 46.0 Å². The Hall–Kier alpha value is -1.04. The van der Waals surface area contributed by atoms with E-state index in [4.69, 9.17) is 0 Å². The van der Waals surface area contributed by atoms with Crippen molar-refractivity contribution in [1.29, 1.82) is 0 Å². The summed E-state index contributed by atoms with van der Waals surface area (Å²) >= 11 is 0. The lowest BCUT2D eigenvalue weighted by Gasteiger charge is -2.31. The summed E-state index contributed by atoms with van der Waals surface area (Å²) in [7, 11) is 0. The first-order valence-electron chi connectivity index (χ1n) is 8.99. The summed E-state index contributed by atoms with van der Waals surface area (Å²) < 4.78 is 0. The molecule has 3 rings (SSSR count). The molecule has 0 spiro atoms. The molecule has 0 saturated heterocycles. The molecule has 0 heteroatoms. The number of fused-ring (bicyclic) bond motifs is 1. The van der Waals surface area contributed by atoms with E-state index in [9.17, 15) is 0 Å². The first-order valence-corrected chi connectivity index (χ1v) is 8.99. The van der Waals surface area contributed by atoms with Crippen molar-refractivity contribution >= 4 is 0 Å². The molecule has 0 nitrogen and oxygen atoms in total. The van der Waals surface area contributed by atoms with Crippen LogP contribution < -0.4 is 0 Å². The molecule has 0 bridgehead atoms. The second kappa shape index (κ2) is 6.81. The smallest absolute Gasteiger partial charge is 0.0139 e. The second-order valence-corrected chi connectivity index (χ2v) is 7.30. The molecule has 0 aromatic rings. The molecular formula is C21H30. The van der Waals surface area contributed by atoms with Gasteiger partial charge in [0.2, 0.25) is 0 Å². The fourth-order valence-electron chi connectivity index (χ4n) is 4.82. The molecule has 6 unspecified atom stereocenters. The maximum Gasteiger partial charge on any atom is -0.0139 e. The zero-order valence-electron chi connectivity index (χ0n) is 13.6. The number of hydrogen-bond acceptors (Lipinski definition) is 0. The number of allylic oxidation sites excluding steroid dienone is 8. The topological polar surface area (TPSA) is 0 Å². The monoisotopic (exact) mass is 282 g/mol. The van der Waals surface area contributed by atoms with Crippen LogP contribution in [-0.4, -0.2) is 0 Å². The molecule has 6 atom stereocenters. The van der Waals surface area contributed by atoms with Gasteiger partial charge in [0.25, 0.3) is 0 Å². The van der Waals surface area contributed by atoms with Gasteiger partial charge in [0.05, 0.1) is 0 Å². The third kappa shape index (κ3) is 3.25. The third-order valence-electron chi connectivity index (χ3n) is 6.16. The van der Waals surface area contributed by atoms with E-state index in [2.05, 4.69) is 62.5 Å². The summed E-state index contributed by atoms with van der Waals surface area (Å²) in [5.41, 5.74) is 0. The largest absolute Gasteiger partial charge is 0.0811 e. The van der Waals surface area contributed by atoms with Crippen molar-refractivity contribution in [2.75, 3.05) is 0 Å². The van der Waals surface area contributed by atoms with E-state index < -0.39 is 0 Å². The van der Waals surface area contributed by atoms with Gasteiger partial charge in [-0.3, -0.25) is 0 Å². The quantitative estimate of drug-likeness (QED) is 0.585. The van der Waals surface area contributed by atoms with Crippen LogP contribution in [0, 0.1) is 35.5 Å². The highest BCUT2D eigenvalue weighted by molar-refractivity contribution is 5.17. The van der Waals surface area contributed by atoms with Crippen LogP contribution in [0.2, 0.25) is 0 Å². The fraction of sp³-hybridized carbons (Fsp3) is 0.619. The fourth-order valence-corrected chi connectivity index (χ4v) is 4.82. The Bertz CT molecular complexity index is 451. The van der Waals surface area contributed by atoms with Gasteiger partial charge in [-0.1, -0.05) is 68.9 Å². The van der Waals surface area contributed by atoms with Crippen LogP contribution in [0.15, 0.2) is 48.6 Å². The van der Waals surface area contributed by atoms with Crippen LogP contribution in [0.1, 0.15) is 46.0 Å². The maximum atomic E-state index is 2.48. The van der Waals surface area contributed by atoms with Crippen LogP contribution in [0.25, 0.3) is 0 Å². The van der Waals surface area contributed by atoms with E-state index in [1.807, 2.05) is 0 Å². The summed E-state index contributed by atoms with van der Waals surface area (Å²) in [6, 6.07) is 0. The highest BCUT2D eigenvalue weighted by atomic mass is 14.4. The van der Waals surface area contributed by atoms with Crippen molar-refractivity contribution in [3.8, 4) is 0 Å². The van der Waals surface area contributed by atoms with Gasteiger partial charge in [0.1, 0.15) is 0 Å². The predicted molar refractivity (Wildman–Crippen MR) is 91.9 cm³/mol. The maximum absolute atomic E-state index is 2.48. The summed E-state index contributed by atoms with van der Waals surface area (Å²) in [5.74, 6) is 4.96. The lowest BCUT2D eigenvalue weighted by atomic mass is 9.74. The highest BCUT2D eigenvalue weighted by Gasteiger charge is 2.34. The molecule has 0 aromatic heterocycles. The molecule has 0 N–H and O–H groups in total. The zero-order valence-corrected chi connectivity index (χ0v) is 13.6. The van der Waals surface area contributed by atoms with E-state index in [0.717, 1.165) is 29.6 Å². The summed E-state index contributed by atoms with van der Waals surface area (Å²) in [6.45, 7) is 4.76. The van der Waals surface area contributed by atoms with Gasteiger partial charge in [-0.2, -0.15) is 0 Å². The molecule has 0 amide bonds. The van der Waals surface area contributed by atoms with Crippen LogP contribution in [0.4, 0.5) is 0 Å². The van der Waals surface area contributed by atoms with Gasteiger partial charge in [-0.15, -0.1) is 0 Å². The van der Waals surface area contributed by atoms with Gasteiger partial charge in [0.15, 0.2) is 0 Å². The normalized spacial score (nSPS) is 38.7. The SMILES string of the molecule is CCC(CCC1CCC2C=CC=CC21)C1C=CC=CC1C. The predicted octanol–water partition coefficient (Wildman–Crippen LogP) is 5.94. The molecule has 21 heavy (non-hydrogen) atoms. The Morgan fingerprint density at radius 2 is 1.71 bits per heavy atom. The average molecular weight is 282 g/mol. The van der Waals surface area contributed by atoms with Crippen molar-refractivity contribution in [3.63, 3.8) is 0 Å². The minimum atomic E-state index is 0.716. The molecule has 114 valence electrons. The van der Waals surface area contributed by atoms with Crippen LogP contribution in [0.5, 0.6) is 0 Å². The zero-order chi connectivity index (χ0) is 14.7. The van der Waals surface area contributed by atoms with Gasteiger partial charge < -0.3 is 0 Å². The minimum absolute atomic E-state index is 0.716. The van der Waals surface area contributed by atoms with Gasteiger partial charge in [-0.25, -0.2) is 0 Å². The Morgan fingerprint density at radius 3 is 2.52 bits per heavy atom. The lowest BCUT2D eigenvalue weighted by molar-refractivity contribution is 0.266. The van der Waals surface area contributed by atoms with Crippen molar-refractivity contribution in [2.24, 2.45) is 35.5 Å². The van der Waals surface area contributed by atoms with Gasteiger partial charge >= 0.3 is 0 Å². The molecule has 0 aromatic carbocycles. The Balaban J connectivity index is 1.56. The number of hydrogen-bond donors (Lipinski definition) is 0. The molecular weight excluding hydrogens is 252 g/mol. The molecule has 1 saturated carbocycles. The highest BCUT2D eigenvalue weighted by Crippen LogP contribution is 2.44. The van der Waals surface area contributed by atoms with Crippen LogP contribution in [0.3, 0.4) is 0 Å². The van der Waals surface area contributed by atoms with E-state index in [0.29, 0.717) is 5.92 Å². The second-order valence-electron chi connectivity index (χ2n) is 7.30. The van der Waals surface area contributed by atoms with Crippen molar-refractivity contribution in [1.82, 2.24) is 0 Å². The van der Waals surface area contributed by atoms with Crippen LogP contribution in [-0.2, 0) is 0 Å². The van der Waals surface area contributed by atoms with Gasteiger partial charge in [-0.05, 0) is 61.2 Å². The Kier molecular flexibility index (Phi) is 4.83. The van der Waals surface area contributed by atoms with Crippen molar-refractivity contribution < 1.29 is 0 Å². The first-order chi connectivity index (χ1) is 10.3. The first kappa shape index (κ1) is 14.9. The third-order valence-corrected chi connectivity index (χ3v) is 6.16. The summed E-state index contributed by atoms with van der Waals surface area (Å²) in [5, 5.41) is 0. The standard InChI is InChI=1S/C21H30/c1-3-17(20-10-6-4-8-16(20)2)12-13-19-15-14-18-9-5-7-11-21(18)19/h4-11,16-21H,3,12-15H2,1-2H3. The molecule has 3 aliphatic rings. The van der Waals surface area contributed by atoms with E-state index in [-0.39, 0.29) is 0 Å². The van der Waals surface area contributed by atoms with Crippen LogP contribution >= 0.6 is 0 Å². The van der Waals surface area contributed by atoms with E-state index in [1.165, 1.54) is 32.1 Å². The van der Waals surface area contributed by atoms with Crippen molar-refractivity contribution in [3.05, 3.63) is 48.6 Å². The molecule has 0 heterocycles. The van der Waals surface area contributed by atoms with E-state index in [1.54, 1.807) is 0 Å². The molecule has 1 fully saturated rings. The lowest BCUT2D eigenvalue weighted by Crippen LogP contribution is -2.21. The molecule has 3 aliphatic carbocycles. The minimum Gasteiger partial charge on any atom is -0.0811 e. The molecule has 0 aliphatic heterocycles. The average Bonchev–Trinajstić information content (AvgIpc) is 2.93. The number of rotatable bonds is 5. The Morgan fingerprint density at radius 1 is 0.952 bits per heavy atom. The van der Waals surface area contributed by atoms with Gasteiger partial charge in [0, 0.05) is 0 Å². The van der Waals surface area contributed by atoms with E-state index >= 15 is 0 Å². The molecule has 0 radical (unpaired) electrons. The summed E-state index contributed by atoms with van der Waals surface area (Å²) in [6.07, 6.45) is 25.8.